The highest BCUT2D eigenvalue weighted by molar-refractivity contribution is 6.02. The summed E-state index contributed by atoms with van der Waals surface area (Å²) in [5.41, 5.74) is 8.22. The Balaban J connectivity index is 1.56. The maximum absolute atomic E-state index is 12.5. The predicted octanol–water partition coefficient (Wildman–Crippen LogP) is 2.31. The summed E-state index contributed by atoms with van der Waals surface area (Å²) in [7, 11) is 0. The van der Waals surface area contributed by atoms with E-state index in [9.17, 15) is 9.59 Å². The molecular weight excluding hydrogens is 328 g/mol. The monoisotopic (exact) mass is 348 g/mol. The van der Waals surface area contributed by atoms with E-state index in [0.29, 0.717) is 23.4 Å². The molecule has 2 amide bonds. The van der Waals surface area contributed by atoms with Gasteiger partial charge in [-0.3, -0.25) is 9.59 Å². The van der Waals surface area contributed by atoms with E-state index < -0.39 is 5.91 Å². The van der Waals surface area contributed by atoms with Gasteiger partial charge in [-0.25, -0.2) is 0 Å². The number of carbonyl (C=O) groups is 2. The van der Waals surface area contributed by atoms with E-state index in [1.165, 1.54) is 0 Å². The van der Waals surface area contributed by atoms with Gasteiger partial charge in [0, 0.05) is 24.4 Å². The fourth-order valence-corrected chi connectivity index (χ4v) is 3.61. The molecule has 26 heavy (non-hydrogen) atoms. The van der Waals surface area contributed by atoms with Gasteiger partial charge in [0.25, 0.3) is 11.8 Å². The number of primary amides is 1. The molecule has 4 rings (SSSR count). The molecular formula is C20H20N4O2. The minimum absolute atomic E-state index is 0.0558. The molecule has 2 aliphatic heterocycles. The van der Waals surface area contributed by atoms with E-state index in [1.807, 2.05) is 42.6 Å². The van der Waals surface area contributed by atoms with Crippen molar-refractivity contribution in [2.45, 2.75) is 12.6 Å². The van der Waals surface area contributed by atoms with Crippen molar-refractivity contribution >= 4 is 23.2 Å². The number of carbonyl (C=O) groups excluding carboxylic acids is 2. The molecule has 0 fully saturated rings. The summed E-state index contributed by atoms with van der Waals surface area (Å²) in [4.78, 5) is 26.2. The Morgan fingerprint density at radius 1 is 1.19 bits per heavy atom. The average Bonchev–Trinajstić information content (AvgIpc) is 2.67. The zero-order valence-electron chi connectivity index (χ0n) is 14.2. The Hall–Kier alpha value is -3.28. The minimum Gasteiger partial charge on any atom is -0.384 e. The molecule has 2 unspecified atom stereocenters. The summed E-state index contributed by atoms with van der Waals surface area (Å²) in [6.45, 7) is 0.609. The van der Waals surface area contributed by atoms with Crippen LogP contribution in [-0.2, 0) is 0 Å². The molecule has 2 aromatic rings. The van der Waals surface area contributed by atoms with Crippen molar-refractivity contribution in [2.75, 3.05) is 16.8 Å². The van der Waals surface area contributed by atoms with Gasteiger partial charge in [0.05, 0.1) is 16.8 Å². The van der Waals surface area contributed by atoms with Crippen molar-refractivity contribution in [3.05, 3.63) is 71.9 Å². The van der Waals surface area contributed by atoms with Crippen molar-refractivity contribution in [3.63, 3.8) is 0 Å². The second-order valence-electron chi connectivity index (χ2n) is 6.51. The van der Waals surface area contributed by atoms with Crippen LogP contribution in [0, 0.1) is 5.92 Å². The molecule has 132 valence electrons. The van der Waals surface area contributed by atoms with Crippen LogP contribution in [0.2, 0.25) is 0 Å². The first-order chi connectivity index (χ1) is 12.6. The molecule has 0 aliphatic carbocycles. The number of allylic oxidation sites excluding steroid dienone is 1. The van der Waals surface area contributed by atoms with Crippen molar-refractivity contribution in [1.82, 2.24) is 5.32 Å². The lowest BCUT2D eigenvalue weighted by molar-refractivity contribution is 0.0912. The van der Waals surface area contributed by atoms with Crippen LogP contribution in [0.25, 0.3) is 0 Å². The maximum atomic E-state index is 12.5. The van der Waals surface area contributed by atoms with Gasteiger partial charge in [0.2, 0.25) is 0 Å². The largest absolute Gasteiger partial charge is 0.384 e. The summed E-state index contributed by atoms with van der Waals surface area (Å²) in [5, 5.41) is 6.43. The number of nitrogens with zero attached hydrogens (tertiary/aromatic N) is 1. The Bertz CT molecular complexity index is 893. The molecule has 2 heterocycles. The summed E-state index contributed by atoms with van der Waals surface area (Å²) < 4.78 is 0. The summed E-state index contributed by atoms with van der Waals surface area (Å²) in [6.07, 6.45) is 4.83. The zero-order valence-corrected chi connectivity index (χ0v) is 14.2. The fraction of sp³-hybridized carbons (Fsp3) is 0.200. The summed E-state index contributed by atoms with van der Waals surface area (Å²) in [5.74, 6) is -0.365. The van der Waals surface area contributed by atoms with Gasteiger partial charge in [-0.15, -0.1) is 0 Å². The molecule has 0 saturated heterocycles. The molecule has 0 radical (unpaired) electrons. The van der Waals surface area contributed by atoms with E-state index in [0.717, 1.165) is 12.1 Å². The topological polar surface area (TPSA) is 87.5 Å². The lowest BCUT2D eigenvalue weighted by atomic mass is 9.93. The van der Waals surface area contributed by atoms with Crippen LogP contribution in [0.5, 0.6) is 0 Å². The Kier molecular flexibility index (Phi) is 4.08. The third kappa shape index (κ3) is 2.79. The molecule has 0 spiro atoms. The quantitative estimate of drug-likeness (QED) is 0.791. The molecule has 6 heteroatoms. The maximum Gasteiger partial charge on any atom is 0.255 e. The number of fused-ring (bicyclic) bond motifs is 3. The van der Waals surface area contributed by atoms with Crippen LogP contribution < -0.4 is 21.3 Å². The number of amides is 2. The van der Waals surface area contributed by atoms with Crippen molar-refractivity contribution in [3.8, 4) is 0 Å². The molecule has 6 nitrogen and oxygen atoms in total. The number of nitrogens with two attached hydrogens (primary N) is 1. The average molecular weight is 348 g/mol. The summed E-state index contributed by atoms with van der Waals surface area (Å²) in [6, 6.07) is 14.8. The number of rotatable bonds is 4. The Morgan fingerprint density at radius 2 is 1.96 bits per heavy atom. The van der Waals surface area contributed by atoms with Crippen LogP contribution in [0.4, 0.5) is 11.4 Å². The first-order valence-corrected chi connectivity index (χ1v) is 8.63. The van der Waals surface area contributed by atoms with Gasteiger partial charge in [-0.2, -0.15) is 0 Å². The molecule has 2 atom stereocenters. The Labute approximate surface area is 151 Å². The zero-order chi connectivity index (χ0) is 18.1. The SMILES string of the molecule is NC(=O)c1ccccc1NCC1CC=CN2c3ccccc3C(=O)NC12. The molecule has 4 N–H and O–H groups in total. The number of benzene rings is 2. The number of anilines is 2. The van der Waals surface area contributed by atoms with E-state index in [4.69, 9.17) is 5.73 Å². The van der Waals surface area contributed by atoms with Crippen LogP contribution >= 0.6 is 0 Å². The predicted molar refractivity (Wildman–Crippen MR) is 101 cm³/mol. The van der Waals surface area contributed by atoms with Crippen LogP contribution in [0.1, 0.15) is 27.1 Å². The molecule has 2 aromatic carbocycles. The summed E-state index contributed by atoms with van der Waals surface area (Å²) >= 11 is 0. The van der Waals surface area contributed by atoms with Gasteiger partial charge in [-0.05, 0) is 30.7 Å². The Morgan fingerprint density at radius 3 is 2.81 bits per heavy atom. The third-order valence-electron chi connectivity index (χ3n) is 4.90. The van der Waals surface area contributed by atoms with Gasteiger partial charge in [-0.1, -0.05) is 30.3 Å². The van der Waals surface area contributed by atoms with E-state index in [1.54, 1.807) is 12.1 Å². The van der Waals surface area contributed by atoms with E-state index in [-0.39, 0.29) is 18.0 Å². The highest BCUT2D eigenvalue weighted by atomic mass is 16.2. The van der Waals surface area contributed by atoms with Crippen LogP contribution in [0.15, 0.2) is 60.8 Å². The lowest BCUT2D eigenvalue weighted by Gasteiger charge is -2.43. The van der Waals surface area contributed by atoms with Gasteiger partial charge in [0.15, 0.2) is 0 Å². The number of nitrogens with one attached hydrogen (secondary N) is 2. The lowest BCUT2D eigenvalue weighted by Crippen LogP contribution is -2.57. The fourth-order valence-electron chi connectivity index (χ4n) is 3.61. The smallest absolute Gasteiger partial charge is 0.255 e. The van der Waals surface area contributed by atoms with Gasteiger partial charge in [0.1, 0.15) is 6.17 Å². The highest BCUT2D eigenvalue weighted by Gasteiger charge is 2.36. The highest BCUT2D eigenvalue weighted by Crippen LogP contribution is 2.33. The molecule has 0 aromatic heterocycles. The van der Waals surface area contributed by atoms with E-state index in [2.05, 4.69) is 21.6 Å². The molecule has 0 bridgehead atoms. The van der Waals surface area contributed by atoms with Crippen LogP contribution in [-0.4, -0.2) is 24.5 Å². The van der Waals surface area contributed by atoms with Crippen molar-refractivity contribution < 1.29 is 9.59 Å². The number of hydrogen-bond acceptors (Lipinski definition) is 4. The first-order valence-electron chi connectivity index (χ1n) is 8.63. The third-order valence-corrected chi connectivity index (χ3v) is 4.90. The normalized spacial score (nSPS) is 20.8. The van der Waals surface area contributed by atoms with Gasteiger partial charge >= 0.3 is 0 Å². The van der Waals surface area contributed by atoms with E-state index >= 15 is 0 Å². The van der Waals surface area contributed by atoms with Crippen LogP contribution in [0.3, 0.4) is 0 Å². The van der Waals surface area contributed by atoms with Crippen molar-refractivity contribution in [2.24, 2.45) is 11.7 Å². The number of hydrogen-bond donors (Lipinski definition) is 3. The standard InChI is InChI=1S/C20H20N4O2/c21-18(25)14-7-1-3-9-16(14)22-12-13-6-5-11-24-17-10-4-2-8-15(17)20(26)23-19(13)24/h1-5,7-11,13,19,22H,6,12H2,(H2,21,25)(H,23,26). The minimum atomic E-state index is -0.460. The number of para-hydroxylation sites is 2. The van der Waals surface area contributed by atoms with Crippen molar-refractivity contribution in [1.29, 1.82) is 0 Å². The molecule has 0 saturated carbocycles. The van der Waals surface area contributed by atoms with Gasteiger partial charge < -0.3 is 21.3 Å². The second kappa shape index (κ2) is 6.55. The second-order valence-corrected chi connectivity index (χ2v) is 6.51. The molecule has 2 aliphatic rings. The first kappa shape index (κ1) is 16.2.